The lowest BCUT2D eigenvalue weighted by Crippen LogP contribution is -2.36. The standard InChI is InChI=1S/C10H11N3O5/c11-9(14)8(18-10(12)15)5-6-1-3-7(4-2-6)13(16)17/h1-4,8H,5H2,(H2,11,14)(H2,12,15)/t8-/m0/s1. The van der Waals surface area contributed by atoms with E-state index < -0.39 is 23.0 Å². The van der Waals surface area contributed by atoms with Crippen LogP contribution in [0.25, 0.3) is 0 Å². The third-order valence-electron chi connectivity index (χ3n) is 2.14. The van der Waals surface area contributed by atoms with E-state index in [1.807, 2.05) is 0 Å². The minimum Gasteiger partial charge on any atom is -0.436 e. The zero-order chi connectivity index (χ0) is 13.7. The number of nitrogens with two attached hydrogens (primary N) is 2. The number of nitrogens with zero attached hydrogens (tertiary/aromatic N) is 1. The molecule has 0 saturated carbocycles. The molecule has 8 nitrogen and oxygen atoms in total. The highest BCUT2D eigenvalue weighted by atomic mass is 16.6. The molecule has 0 aromatic heterocycles. The van der Waals surface area contributed by atoms with Gasteiger partial charge in [0, 0.05) is 18.6 Å². The van der Waals surface area contributed by atoms with Crippen LogP contribution < -0.4 is 11.5 Å². The number of carbonyl (C=O) groups is 2. The Morgan fingerprint density at radius 1 is 1.28 bits per heavy atom. The maximum absolute atomic E-state index is 11.0. The molecule has 0 bridgehead atoms. The van der Waals surface area contributed by atoms with Crippen molar-refractivity contribution in [3.05, 3.63) is 39.9 Å². The minimum atomic E-state index is -1.19. The fourth-order valence-corrected chi connectivity index (χ4v) is 1.31. The van der Waals surface area contributed by atoms with Gasteiger partial charge in [-0.3, -0.25) is 14.9 Å². The first kappa shape index (κ1) is 13.4. The highest BCUT2D eigenvalue weighted by Crippen LogP contribution is 2.14. The zero-order valence-electron chi connectivity index (χ0n) is 9.24. The van der Waals surface area contributed by atoms with Gasteiger partial charge in [-0.1, -0.05) is 12.1 Å². The Hall–Kier alpha value is -2.64. The highest BCUT2D eigenvalue weighted by Gasteiger charge is 2.19. The van der Waals surface area contributed by atoms with Crippen LogP contribution in [0.3, 0.4) is 0 Å². The predicted molar refractivity (Wildman–Crippen MR) is 60.5 cm³/mol. The summed E-state index contributed by atoms with van der Waals surface area (Å²) in [7, 11) is 0. The zero-order valence-corrected chi connectivity index (χ0v) is 9.24. The molecule has 0 aliphatic carbocycles. The van der Waals surface area contributed by atoms with Crippen molar-refractivity contribution >= 4 is 17.7 Å². The van der Waals surface area contributed by atoms with Crippen molar-refractivity contribution in [1.82, 2.24) is 0 Å². The van der Waals surface area contributed by atoms with Gasteiger partial charge >= 0.3 is 6.09 Å². The molecule has 18 heavy (non-hydrogen) atoms. The lowest BCUT2D eigenvalue weighted by molar-refractivity contribution is -0.384. The summed E-state index contributed by atoms with van der Waals surface area (Å²) >= 11 is 0. The first-order valence-corrected chi connectivity index (χ1v) is 4.89. The summed E-state index contributed by atoms with van der Waals surface area (Å²) < 4.78 is 4.52. The van der Waals surface area contributed by atoms with E-state index in [4.69, 9.17) is 11.5 Å². The average Bonchev–Trinajstić information content (AvgIpc) is 2.28. The lowest BCUT2D eigenvalue weighted by atomic mass is 10.1. The van der Waals surface area contributed by atoms with Gasteiger partial charge in [0.1, 0.15) is 0 Å². The third-order valence-corrected chi connectivity index (χ3v) is 2.14. The molecule has 1 rings (SSSR count). The monoisotopic (exact) mass is 253 g/mol. The van der Waals surface area contributed by atoms with E-state index >= 15 is 0 Å². The van der Waals surface area contributed by atoms with E-state index in [0.29, 0.717) is 5.56 Å². The van der Waals surface area contributed by atoms with Crippen molar-refractivity contribution in [2.24, 2.45) is 11.5 Å². The Morgan fingerprint density at radius 3 is 2.22 bits per heavy atom. The lowest BCUT2D eigenvalue weighted by Gasteiger charge is -2.12. The van der Waals surface area contributed by atoms with Crippen molar-refractivity contribution < 1.29 is 19.2 Å². The van der Waals surface area contributed by atoms with Crippen molar-refractivity contribution in [2.45, 2.75) is 12.5 Å². The molecule has 8 heteroatoms. The minimum absolute atomic E-state index is 0.0102. The van der Waals surface area contributed by atoms with Crippen LogP contribution in [0.15, 0.2) is 24.3 Å². The number of primary amides is 2. The van der Waals surface area contributed by atoms with Crippen LogP contribution in [0.1, 0.15) is 5.56 Å². The number of carbonyl (C=O) groups excluding carboxylic acids is 2. The summed E-state index contributed by atoms with van der Waals surface area (Å²) in [4.78, 5) is 31.4. The molecular weight excluding hydrogens is 242 g/mol. The molecule has 1 aromatic carbocycles. The van der Waals surface area contributed by atoms with Gasteiger partial charge in [0.15, 0.2) is 6.10 Å². The number of benzene rings is 1. The molecule has 0 aliphatic rings. The maximum atomic E-state index is 11.0. The van der Waals surface area contributed by atoms with E-state index in [1.54, 1.807) is 0 Å². The Kier molecular flexibility index (Phi) is 4.19. The number of nitro groups is 1. The molecule has 0 unspecified atom stereocenters. The highest BCUT2D eigenvalue weighted by molar-refractivity contribution is 5.81. The molecule has 0 heterocycles. The maximum Gasteiger partial charge on any atom is 0.405 e. The second kappa shape index (κ2) is 5.62. The van der Waals surface area contributed by atoms with Gasteiger partial charge < -0.3 is 16.2 Å². The van der Waals surface area contributed by atoms with Crippen molar-refractivity contribution in [2.75, 3.05) is 0 Å². The van der Waals surface area contributed by atoms with Crippen LogP contribution in [0.5, 0.6) is 0 Å². The van der Waals surface area contributed by atoms with E-state index in [2.05, 4.69) is 4.74 Å². The number of hydrogen-bond donors (Lipinski definition) is 2. The fourth-order valence-electron chi connectivity index (χ4n) is 1.31. The van der Waals surface area contributed by atoms with Crippen LogP contribution >= 0.6 is 0 Å². The number of rotatable bonds is 5. The topological polar surface area (TPSA) is 139 Å². The molecule has 0 fully saturated rings. The molecule has 1 aromatic rings. The summed E-state index contributed by atoms with van der Waals surface area (Å²) in [6, 6.07) is 5.44. The number of non-ortho nitro benzene ring substituents is 1. The Morgan fingerprint density at radius 2 is 1.83 bits per heavy atom. The molecule has 0 spiro atoms. The van der Waals surface area contributed by atoms with Gasteiger partial charge in [-0.05, 0) is 5.56 Å². The summed E-state index contributed by atoms with van der Waals surface area (Å²) in [6.45, 7) is 0. The first-order chi connectivity index (χ1) is 8.40. The van der Waals surface area contributed by atoms with E-state index in [0.717, 1.165) is 0 Å². The molecular formula is C10H11N3O5. The molecule has 0 saturated heterocycles. The van der Waals surface area contributed by atoms with Gasteiger partial charge in [0.25, 0.3) is 11.6 Å². The summed E-state index contributed by atoms with van der Waals surface area (Å²) in [5.41, 5.74) is 10.3. The number of amides is 2. The van der Waals surface area contributed by atoms with E-state index in [9.17, 15) is 19.7 Å². The third kappa shape index (κ3) is 3.74. The molecule has 0 aliphatic heterocycles. The van der Waals surface area contributed by atoms with Gasteiger partial charge in [-0.25, -0.2) is 4.79 Å². The number of hydrogen-bond acceptors (Lipinski definition) is 5. The molecule has 0 radical (unpaired) electrons. The van der Waals surface area contributed by atoms with Crippen molar-refractivity contribution in [3.8, 4) is 0 Å². The van der Waals surface area contributed by atoms with Crippen molar-refractivity contribution in [1.29, 1.82) is 0 Å². The van der Waals surface area contributed by atoms with E-state index in [1.165, 1.54) is 24.3 Å². The quantitative estimate of drug-likeness (QED) is 0.565. The van der Waals surface area contributed by atoms with Gasteiger partial charge in [-0.2, -0.15) is 0 Å². The van der Waals surface area contributed by atoms with Gasteiger partial charge in [-0.15, -0.1) is 0 Å². The molecule has 2 amide bonds. The average molecular weight is 253 g/mol. The van der Waals surface area contributed by atoms with Crippen LogP contribution in [0.2, 0.25) is 0 Å². The van der Waals surface area contributed by atoms with Crippen LogP contribution in [0.4, 0.5) is 10.5 Å². The summed E-state index contributed by atoms with van der Waals surface area (Å²) in [5.74, 6) is -0.841. The van der Waals surface area contributed by atoms with Crippen LogP contribution in [-0.2, 0) is 16.0 Å². The second-order valence-electron chi connectivity index (χ2n) is 3.46. The molecule has 96 valence electrons. The number of ether oxygens (including phenoxy) is 1. The summed E-state index contributed by atoms with van der Waals surface area (Å²) in [5, 5.41) is 10.4. The predicted octanol–water partition coefficient (Wildman–Crippen LogP) is 0.0865. The Balaban J connectivity index is 2.78. The molecule has 4 N–H and O–H groups in total. The second-order valence-corrected chi connectivity index (χ2v) is 3.46. The van der Waals surface area contributed by atoms with Gasteiger partial charge in [0.2, 0.25) is 0 Å². The Bertz CT molecular complexity index is 471. The van der Waals surface area contributed by atoms with E-state index in [-0.39, 0.29) is 12.1 Å². The SMILES string of the molecule is NC(=O)O[C@@H](Cc1ccc([N+](=O)[O-])cc1)C(N)=O. The summed E-state index contributed by atoms with van der Waals surface area (Å²) in [6.07, 6.45) is -2.29. The largest absolute Gasteiger partial charge is 0.436 e. The number of nitro benzene ring substituents is 1. The first-order valence-electron chi connectivity index (χ1n) is 4.89. The van der Waals surface area contributed by atoms with Crippen LogP contribution in [0, 0.1) is 10.1 Å². The fraction of sp³-hybridized carbons (Fsp3) is 0.200. The van der Waals surface area contributed by atoms with Crippen molar-refractivity contribution in [3.63, 3.8) is 0 Å². The van der Waals surface area contributed by atoms with Gasteiger partial charge in [0.05, 0.1) is 4.92 Å². The normalized spacial score (nSPS) is 11.6. The smallest absolute Gasteiger partial charge is 0.405 e. The molecule has 1 atom stereocenters. The van der Waals surface area contributed by atoms with Crippen LogP contribution in [-0.4, -0.2) is 23.0 Å². The Labute approximate surface area is 102 Å².